The van der Waals surface area contributed by atoms with Crippen LogP contribution >= 0.6 is 15.9 Å². The Kier molecular flexibility index (Phi) is 3.11. The second kappa shape index (κ2) is 4.41. The first kappa shape index (κ1) is 12.0. The maximum Gasteiger partial charge on any atom is 0.265 e. The summed E-state index contributed by atoms with van der Waals surface area (Å²) in [6.45, 7) is 3.51. The van der Waals surface area contributed by atoms with Crippen LogP contribution in [0.25, 0.3) is 11.4 Å². The molecule has 2 aromatic rings. The number of hydrogen-bond donors (Lipinski definition) is 1. The first-order valence-corrected chi connectivity index (χ1v) is 5.80. The van der Waals surface area contributed by atoms with Crippen molar-refractivity contribution in [2.75, 3.05) is 0 Å². The second-order valence-electron chi connectivity index (χ2n) is 3.83. The van der Waals surface area contributed by atoms with Gasteiger partial charge >= 0.3 is 0 Å². The van der Waals surface area contributed by atoms with Crippen LogP contribution in [0.2, 0.25) is 0 Å². The summed E-state index contributed by atoms with van der Waals surface area (Å²) in [5, 5.41) is 0. The van der Waals surface area contributed by atoms with Crippen LogP contribution in [0.5, 0.6) is 0 Å². The van der Waals surface area contributed by atoms with E-state index < -0.39 is 0 Å². The third-order valence-corrected chi connectivity index (χ3v) is 3.28. The van der Waals surface area contributed by atoms with Crippen LogP contribution in [0.4, 0.5) is 4.39 Å². The molecule has 0 amide bonds. The zero-order valence-electron chi connectivity index (χ0n) is 9.34. The lowest BCUT2D eigenvalue weighted by atomic mass is 10.1. The fourth-order valence-corrected chi connectivity index (χ4v) is 1.77. The minimum Gasteiger partial charge on any atom is -0.306 e. The molecule has 1 N–H and O–H groups in total. The molecule has 0 bridgehead atoms. The number of nitrogens with one attached hydrogen (secondary N) is 1. The Balaban J connectivity index is 2.65. The topological polar surface area (TPSA) is 45.8 Å². The van der Waals surface area contributed by atoms with Crippen molar-refractivity contribution in [2.45, 2.75) is 13.8 Å². The second-order valence-corrected chi connectivity index (χ2v) is 4.62. The van der Waals surface area contributed by atoms with Crippen molar-refractivity contribution in [3.05, 3.63) is 50.1 Å². The molecule has 0 spiro atoms. The van der Waals surface area contributed by atoms with Crippen molar-refractivity contribution in [3.63, 3.8) is 0 Å². The van der Waals surface area contributed by atoms with Crippen LogP contribution in [-0.4, -0.2) is 9.97 Å². The average molecular weight is 297 g/mol. The van der Waals surface area contributed by atoms with Gasteiger partial charge in [-0.2, -0.15) is 0 Å². The number of benzene rings is 1. The first-order valence-electron chi connectivity index (χ1n) is 5.01. The maximum atomic E-state index is 13.3. The van der Waals surface area contributed by atoms with Crippen molar-refractivity contribution < 1.29 is 4.39 Å². The van der Waals surface area contributed by atoms with Gasteiger partial charge in [0.1, 0.15) is 16.1 Å². The lowest BCUT2D eigenvalue weighted by Gasteiger charge is -2.05. The van der Waals surface area contributed by atoms with Crippen molar-refractivity contribution in [1.29, 1.82) is 0 Å². The van der Waals surface area contributed by atoms with Gasteiger partial charge in [0.05, 0.1) is 5.69 Å². The quantitative estimate of drug-likeness (QED) is 0.879. The van der Waals surface area contributed by atoms with Crippen LogP contribution in [0, 0.1) is 19.7 Å². The van der Waals surface area contributed by atoms with Gasteiger partial charge < -0.3 is 4.98 Å². The molecule has 0 atom stereocenters. The Morgan fingerprint density at radius 2 is 2.00 bits per heavy atom. The predicted molar refractivity (Wildman–Crippen MR) is 67.4 cm³/mol. The SMILES string of the molecule is Cc1cc(F)cc(-c2nc(C)c(Br)c(=O)[nH]2)c1. The number of rotatable bonds is 1. The van der Waals surface area contributed by atoms with E-state index in [4.69, 9.17) is 0 Å². The number of H-pyrrole nitrogens is 1. The van der Waals surface area contributed by atoms with Gasteiger partial charge in [0, 0.05) is 5.56 Å². The highest BCUT2D eigenvalue weighted by Gasteiger charge is 2.08. The van der Waals surface area contributed by atoms with Crippen molar-refractivity contribution in [1.82, 2.24) is 9.97 Å². The average Bonchev–Trinajstić information content (AvgIpc) is 2.23. The molecule has 1 aromatic carbocycles. The normalized spacial score (nSPS) is 10.6. The highest BCUT2D eigenvalue weighted by molar-refractivity contribution is 9.10. The molecular formula is C12H10BrFN2O. The zero-order chi connectivity index (χ0) is 12.6. The molecule has 0 aliphatic carbocycles. The van der Waals surface area contributed by atoms with Gasteiger partial charge in [0.15, 0.2) is 0 Å². The Morgan fingerprint density at radius 3 is 2.59 bits per heavy atom. The van der Waals surface area contributed by atoms with Crippen molar-refractivity contribution >= 4 is 15.9 Å². The summed E-state index contributed by atoms with van der Waals surface area (Å²) in [5.41, 5.74) is 1.65. The highest BCUT2D eigenvalue weighted by atomic mass is 79.9. The molecule has 17 heavy (non-hydrogen) atoms. The standard InChI is InChI=1S/C12H10BrFN2O/c1-6-3-8(5-9(14)4-6)11-15-7(2)10(13)12(17)16-11/h3-5H,1-2H3,(H,15,16,17). The molecule has 1 heterocycles. The van der Waals surface area contributed by atoms with Gasteiger partial charge in [-0.3, -0.25) is 4.79 Å². The number of halogens is 2. The molecule has 1 aromatic heterocycles. The van der Waals surface area contributed by atoms with Gasteiger partial charge in [-0.15, -0.1) is 0 Å². The van der Waals surface area contributed by atoms with E-state index in [0.717, 1.165) is 5.56 Å². The molecule has 0 aliphatic heterocycles. The third-order valence-electron chi connectivity index (χ3n) is 2.34. The molecular weight excluding hydrogens is 287 g/mol. The number of hydrogen-bond acceptors (Lipinski definition) is 2. The van der Waals surface area contributed by atoms with Gasteiger partial charge in [0.25, 0.3) is 5.56 Å². The fraction of sp³-hybridized carbons (Fsp3) is 0.167. The van der Waals surface area contributed by atoms with Crippen LogP contribution < -0.4 is 5.56 Å². The molecule has 0 aliphatic rings. The molecule has 0 fully saturated rings. The summed E-state index contributed by atoms with van der Waals surface area (Å²) < 4.78 is 13.7. The maximum absolute atomic E-state index is 13.3. The number of nitrogens with zero attached hydrogens (tertiary/aromatic N) is 1. The van der Waals surface area contributed by atoms with E-state index in [1.165, 1.54) is 12.1 Å². The van der Waals surface area contributed by atoms with Gasteiger partial charge in [-0.25, -0.2) is 9.37 Å². The van der Waals surface area contributed by atoms with Crippen molar-refractivity contribution in [3.8, 4) is 11.4 Å². The van der Waals surface area contributed by atoms with Gasteiger partial charge in [-0.1, -0.05) is 0 Å². The minimum absolute atomic E-state index is 0.269. The summed E-state index contributed by atoms with van der Waals surface area (Å²) >= 11 is 3.13. The molecule has 0 unspecified atom stereocenters. The monoisotopic (exact) mass is 296 g/mol. The minimum atomic E-state index is -0.344. The largest absolute Gasteiger partial charge is 0.306 e. The lowest BCUT2D eigenvalue weighted by Crippen LogP contribution is -2.11. The summed E-state index contributed by atoms with van der Waals surface area (Å²) in [7, 11) is 0. The lowest BCUT2D eigenvalue weighted by molar-refractivity contribution is 0.627. The molecule has 2 rings (SSSR count). The number of aryl methyl sites for hydroxylation is 2. The van der Waals surface area contributed by atoms with Gasteiger partial charge in [-0.05, 0) is 53.5 Å². The molecule has 0 saturated carbocycles. The fourth-order valence-electron chi connectivity index (χ4n) is 1.58. The number of aromatic nitrogens is 2. The number of aromatic amines is 1. The summed E-state index contributed by atoms with van der Waals surface area (Å²) in [6.07, 6.45) is 0. The Labute approximate surface area is 106 Å². The Morgan fingerprint density at radius 1 is 1.29 bits per heavy atom. The van der Waals surface area contributed by atoms with Crippen LogP contribution in [0.15, 0.2) is 27.5 Å². The van der Waals surface area contributed by atoms with Crippen LogP contribution in [0.3, 0.4) is 0 Å². The van der Waals surface area contributed by atoms with Crippen molar-refractivity contribution in [2.24, 2.45) is 0 Å². The summed E-state index contributed by atoms with van der Waals surface area (Å²) in [6, 6.07) is 4.54. The van der Waals surface area contributed by atoms with E-state index in [0.29, 0.717) is 21.6 Å². The van der Waals surface area contributed by atoms with E-state index in [2.05, 4.69) is 25.9 Å². The van der Waals surface area contributed by atoms with E-state index >= 15 is 0 Å². The van der Waals surface area contributed by atoms with Crippen LogP contribution in [-0.2, 0) is 0 Å². The molecule has 0 saturated heterocycles. The molecule has 5 heteroatoms. The summed E-state index contributed by atoms with van der Waals surface area (Å²) in [4.78, 5) is 18.4. The van der Waals surface area contributed by atoms with E-state index in [9.17, 15) is 9.18 Å². The Bertz CT molecular complexity index is 617. The Hall–Kier alpha value is -1.49. The highest BCUT2D eigenvalue weighted by Crippen LogP contribution is 2.19. The molecule has 88 valence electrons. The van der Waals surface area contributed by atoms with Gasteiger partial charge in [0.2, 0.25) is 0 Å². The third kappa shape index (κ3) is 2.44. The van der Waals surface area contributed by atoms with E-state index in [1.54, 1.807) is 19.9 Å². The molecule has 0 radical (unpaired) electrons. The smallest absolute Gasteiger partial charge is 0.265 e. The zero-order valence-corrected chi connectivity index (χ0v) is 10.9. The predicted octanol–water partition coefficient (Wildman–Crippen LogP) is 2.96. The first-order chi connectivity index (χ1) is 7.97. The van der Waals surface area contributed by atoms with E-state index in [1.807, 2.05) is 0 Å². The molecule has 3 nitrogen and oxygen atoms in total. The summed E-state index contributed by atoms with van der Waals surface area (Å²) in [5.74, 6) is 0.0292. The van der Waals surface area contributed by atoms with E-state index in [-0.39, 0.29) is 11.4 Å². The van der Waals surface area contributed by atoms with Crippen LogP contribution in [0.1, 0.15) is 11.3 Å².